The zero-order valence-corrected chi connectivity index (χ0v) is 20.3. The van der Waals surface area contributed by atoms with Crippen molar-refractivity contribution in [3.8, 4) is 5.75 Å². The monoisotopic (exact) mass is 511 g/mol. The Kier molecular flexibility index (Phi) is 7.57. The minimum absolute atomic E-state index is 0.0114. The third kappa shape index (κ3) is 5.17. The van der Waals surface area contributed by atoms with Gasteiger partial charge < -0.3 is 8.74 Å². The average Bonchev–Trinajstić information content (AvgIpc) is 2.67. The molecule has 0 saturated carbocycles. The highest BCUT2D eigenvalue weighted by Crippen LogP contribution is 2.39. The summed E-state index contributed by atoms with van der Waals surface area (Å²) in [5.41, 5.74) is 1.30. The molecular formula is C21H23F4O6S2-. The third-order valence-electron chi connectivity index (χ3n) is 4.96. The third-order valence-corrected chi connectivity index (χ3v) is 7.17. The summed E-state index contributed by atoms with van der Waals surface area (Å²) < 4.78 is 121. The molecule has 0 atom stereocenters. The normalized spacial score (nSPS) is 12.8. The minimum Gasteiger partial charge on any atom is -0.744 e. The van der Waals surface area contributed by atoms with E-state index in [1.54, 1.807) is 39.8 Å². The van der Waals surface area contributed by atoms with Crippen molar-refractivity contribution in [2.45, 2.75) is 69.1 Å². The SMILES string of the molecule is CC(C)c1cc(C(C)C)c(S(=O)(=O)Oc2c(F)c(F)c(S(=O)(=O)[O-])c(F)c2F)c(C(C)C)c1. The van der Waals surface area contributed by atoms with Crippen LogP contribution in [-0.2, 0) is 20.2 Å². The van der Waals surface area contributed by atoms with E-state index in [1.807, 2.05) is 13.8 Å². The minimum atomic E-state index is -5.96. The van der Waals surface area contributed by atoms with Crippen molar-refractivity contribution in [3.63, 3.8) is 0 Å². The molecule has 0 fully saturated rings. The molecule has 12 heteroatoms. The molecule has 0 aliphatic heterocycles. The van der Waals surface area contributed by atoms with Crippen LogP contribution in [0.1, 0.15) is 76.0 Å². The fourth-order valence-corrected chi connectivity index (χ4v) is 5.45. The maximum atomic E-state index is 14.4. The van der Waals surface area contributed by atoms with E-state index in [1.165, 1.54) is 0 Å². The second kappa shape index (κ2) is 9.22. The molecule has 0 unspecified atom stereocenters. The van der Waals surface area contributed by atoms with Gasteiger partial charge in [0.2, 0.25) is 17.4 Å². The summed E-state index contributed by atoms with van der Waals surface area (Å²) in [6, 6.07) is 3.19. The van der Waals surface area contributed by atoms with Crippen LogP contribution >= 0.6 is 0 Å². The molecule has 0 heterocycles. The highest BCUT2D eigenvalue weighted by atomic mass is 32.2. The summed E-state index contributed by atoms with van der Waals surface area (Å²) >= 11 is 0. The number of benzene rings is 2. The molecule has 33 heavy (non-hydrogen) atoms. The van der Waals surface area contributed by atoms with Crippen molar-refractivity contribution in [3.05, 3.63) is 52.1 Å². The van der Waals surface area contributed by atoms with Crippen LogP contribution in [0.15, 0.2) is 21.9 Å². The number of rotatable bonds is 7. The molecule has 0 amide bonds. The van der Waals surface area contributed by atoms with Gasteiger partial charge in [-0.05, 0) is 34.4 Å². The van der Waals surface area contributed by atoms with Gasteiger partial charge in [0.05, 0.1) is 0 Å². The summed E-state index contributed by atoms with van der Waals surface area (Å²) in [6.45, 7) is 10.5. The van der Waals surface area contributed by atoms with Gasteiger partial charge in [-0.1, -0.05) is 53.7 Å². The van der Waals surface area contributed by atoms with Gasteiger partial charge in [-0.2, -0.15) is 17.2 Å². The van der Waals surface area contributed by atoms with E-state index in [4.69, 9.17) is 0 Å². The lowest BCUT2D eigenvalue weighted by Gasteiger charge is -2.23. The Morgan fingerprint density at radius 1 is 0.697 bits per heavy atom. The van der Waals surface area contributed by atoms with Crippen LogP contribution in [-0.4, -0.2) is 21.4 Å². The molecule has 0 N–H and O–H groups in total. The Hall–Kier alpha value is -2.18. The molecule has 2 rings (SSSR count). The fraction of sp³-hybridized carbons (Fsp3) is 0.429. The van der Waals surface area contributed by atoms with Crippen LogP contribution in [0.3, 0.4) is 0 Å². The van der Waals surface area contributed by atoms with E-state index in [9.17, 15) is 39.0 Å². The Bertz CT molecular complexity index is 1240. The largest absolute Gasteiger partial charge is 0.744 e. The predicted octanol–water partition coefficient (Wildman–Crippen LogP) is 5.29. The van der Waals surface area contributed by atoms with E-state index in [-0.39, 0.29) is 17.0 Å². The molecule has 0 radical (unpaired) electrons. The fourth-order valence-electron chi connectivity index (χ4n) is 3.21. The maximum Gasteiger partial charge on any atom is 0.339 e. The van der Waals surface area contributed by atoms with E-state index in [0.29, 0.717) is 0 Å². The van der Waals surface area contributed by atoms with Crippen molar-refractivity contribution >= 4 is 20.2 Å². The van der Waals surface area contributed by atoms with Crippen LogP contribution in [0.25, 0.3) is 0 Å². The molecular weight excluding hydrogens is 488 g/mol. The second-order valence-electron chi connectivity index (χ2n) is 8.40. The Balaban J connectivity index is 2.86. The Morgan fingerprint density at radius 2 is 1.09 bits per heavy atom. The zero-order valence-electron chi connectivity index (χ0n) is 18.7. The molecule has 6 nitrogen and oxygen atoms in total. The zero-order chi connectivity index (χ0) is 25.6. The predicted molar refractivity (Wildman–Crippen MR) is 111 cm³/mol. The van der Waals surface area contributed by atoms with Crippen molar-refractivity contribution < 1.29 is 43.1 Å². The first-order valence-electron chi connectivity index (χ1n) is 9.85. The quantitative estimate of drug-likeness (QED) is 0.217. The van der Waals surface area contributed by atoms with Crippen LogP contribution < -0.4 is 4.18 Å². The standard InChI is InChI=1S/C21H24F4O6S2/c1-9(2)12-7-13(10(3)4)20(14(8-12)11(5)6)33(29,30)31-19-15(22)17(24)21(32(26,27)28)18(25)16(19)23/h7-11H,1-6H3,(H,26,27,28)/p-1. The first-order valence-corrected chi connectivity index (χ1v) is 12.7. The average molecular weight is 512 g/mol. The lowest BCUT2D eigenvalue weighted by Crippen LogP contribution is -2.20. The summed E-state index contributed by atoms with van der Waals surface area (Å²) in [5.74, 6) is -12.9. The van der Waals surface area contributed by atoms with Crippen LogP contribution in [0.4, 0.5) is 17.6 Å². The molecule has 2 aromatic rings. The van der Waals surface area contributed by atoms with Gasteiger partial charge in [0.1, 0.15) is 19.9 Å². The lowest BCUT2D eigenvalue weighted by molar-refractivity contribution is 0.362. The molecule has 0 aromatic heterocycles. The molecule has 0 aliphatic rings. The number of hydrogen-bond acceptors (Lipinski definition) is 6. The molecule has 0 spiro atoms. The smallest absolute Gasteiger partial charge is 0.339 e. The first-order chi connectivity index (χ1) is 14.9. The second-order valence-corrected chi connectivity index (χ2v) is 11.2. The molecule has 0 saturated heterocycles. The van der Waals surface area contributed by atoms with Gasteiger partial charge in [0.15, 0.2) is 11.6 Å². The van der Waals surface area contributed by atoms with Crippen molar-refractivity contribution in [2.75, 3.05) is 0 Å². The summed E-state index contributed by atoms with van der Waals surface area (Å²) in [6.07, 6.45) is 0. The molecule has 0 aliphatic carbocycles. The topological polar surface area (TPSA) is 101 Å². The van der Waals surface area contributed by atoms with Crippen LogP contribution in [0, 0.1) is 23.3 Å². The van der Waals surface area contributed by atoms with E-state index >= 15 is 0 Å². The van der Waals surface area contributed by atoms with Crippen molar-refractivity contribution in [1.82, 2.24) is 0 Å². The van der Waals surface area contributed by atoms with Gasteiger partial charge in [-0.25, -0.2) is 17.2 Å². The van der Waals surface area contributed by atoms with Crippen molar-refractivity contribution in [1.29, 1.82) is 0 Å². The summed E-state index contributed by atoms with van der Waals surface area (Å²) in [5, 5.41) is 0. The number of halogens is 4. The van der Waals surface area contributed by atoms with E-state index in [0.717, 1.165) is 5.56 Å². The first kappa shape index (κ1) is 27.1. The van der Waals surface area contributed by atoms with Crippen molar-refractivity contribution in [2.24, 2.45) is 0 Å². The molecule has 0 bridgehead atoms. The van der Waals surface area contributed by atoms with E-state index < -0.39 is 70.9 Å². The van der Waals surface area contributed by atoms with Crippen LogP contribution in [0.5, 0.6) is 5.75 Å². The number of hydrogen-bond donors (Lipinski definition) is 0. The molecule has 184 valence electrons. The Labute approximate surface area is 190 Å². The van der Waals surface area contributed by atoms with Gasteiger partial charge in [-0.15, -0.1) is 0 Å². The van der Waals surface area contributed by atoms with Gasteiger partial charge in [-0.3, -0.25) is 0 Å². The summed E-state index contributed by atoms with van der Waals surface area (Å²) in [7, 11) is -11.0. The maximum absolute atomic E-state index is 14.4. The van der Waals surface area contributed by atoms with Gasteiger partial charge in [0, 0.05) is 0 Å². The van der Waals surface area contributed by atoms with Crippen LogP contribution in [0.2, 0.25) is 0 Å². The highest BCUT2D eigenvalue weighted by molar-refractivity contribution is 7.87. The highest BCUT2D eigenvalue weighted by Gasteiger charge is 2.35. The van der Waals surface area contributed by atoms with Gasteiger partial charge in [0.25, 0.3) is 0 Å². The Morgan fingerprint density at radius 3 is 1.39 bits per heavy atom. The molecule has 2 aromatic carbocycles. The lowest BCUT2D eigenvalue weighted by atomic mass is 9.89. The van der Waals surface area contributed by atoms with E-state index in [2.05, 4.69) is 4.18 Å². The summed E-state index contributed by atoms with van der Waals surface area (Å²) in [4.78, 5) is -2.83. The van der Waals surface area contributed by atoms with Gasteiger partial charge >= 0.3 is 10.1 Å².